The van der Waals surface area contributed by atoms with Crippen LogP contribution in [0.25, 0.3) is 0 Å². The van der Waals surface area contributed by atoms with Crippen molar-refractivity contribution in [2.24, 2.45) is 11.7 Å². The van der Waals surface area contributed by atoms with Gasteiger partial charge in [-0.1, -0.05) is 61.9 Å². The summed E-state index contributed by atoms with van der Waals surface area (Å²) in [5, 5.41) is 0. The number of methoxy groups -OCH3 is 1. The first-order chi connectivity index (χ1) is 20.6. The van der Waals surface area contributed by atoms with Gasteiger partial charge in [-0.25, -0.2) is 0 Å². The Morgan fingerprint density at radius 1 is 1.07 bits per heavy atom. The van der Waals surface area contributed by atoms with E-state index >= 15 is 0 Å². The number of rotatable bonds is 15. The normalized spacial score (nSPS) is 19.8. The molecule has 2 aliphatic rings. The molecule has 0 unspecified atom stereocenters. The third kappa shape index (κ3) is 7.02. The fourth-order valence-electron chi connectivity index (χ4n) is 7.00. The van der Waals surface area contributed by atoms with Gasteiger partial charge in [0.2, 0.25) is 0 Å². The predicted molar refractivity (Wildman–Crippen MR) is 175 cm³/mol. The lowest BCUT2D eigenvalue weighted by Crippen LogP contribution is -2.39. The smallest absolute Gasteiger partial charge is 0.122 e. The Hall–Kier alpha value is -3.28. The average molecular weight is 568 g/mol. The Kier molecular flexibility index (Phi) is 10.6. The second-order valence-electron chi connectivity index (χ2n) is 11.9. The summed E-state index contributed by atoms with van der Waals surface area (Å²) < 4.78 is 11.5. The second kappa shape index (κ2) is 14.8. The van der Waals surface area contributed by atoms with Crippen molar-refractivity contribution < 1.29 is 9.47 Å². The first kappa shape index (κ1) is 30.2. The first-order valence-electron chi connectivity index (χ1n) is 15.9. The summed E-state index contributed by atoms with van der Waals surface area (Å²) in [5.74, 6) is 2.90. The monoisotopic (exact) mass is 567 g/mol. The molecule has 3 aromatic rings. The number of benzene rings is 3. The molecule has 0 aliphatic carbocycles. The van der Waals surface area contributed by atoms with Gasteiger partial charge in [-0.15, -0.1) is 6.58 Å². The van der Waals surface area contributed by atoms with E-state index < -0.39 is 0 Å². The molecule has 224 valence electrons. The average Bonchev–Trinajstić information content (AvgIpc) is 3.65. The number of fused-ring (bicyclic) bond motifs is 1. The molecule has 5 rings (SSSR count). The number of ether oxygens (including phenoxy) is 2. The van der Waals surface area contributed by atoms with E-state index in [-0.39, 0.29) is 0 Å². The van der Waals surface area contributed by atoms with Crippen LogP contribution >= 0.6 is 0 Å². The highest BCUT2D eigenvalue weighted by Gasteiger charge is 2.40. The number of likely N-dealkylation sites (tertiary alicyclic amines) is 1. The van der Waals surface area contributed by atoms with Crippen LogP contribution in [0.2, 0.25) is 0 Å². The van der Waals surface area contributed by atoms with Crippen LogP contribution in [0, 0.1) is 5.92 Å². The van der Waals surface area contributed by atoms with Crippen molar-refractivity contribution >= 4 is 5.69 Å². The molecule has 2 aliphatic heterocycles. The van der Waals surface area contributed by atoms with Crippen molar-refractivity contribution in [3.63, 3.8) is 0 Å². The molecule has 5 nitrogen and oxygen atoms in total. The van der Waals surface area contributed by atoms with Crippen LogP contribution in [0.3, 0.4) is 0 Å². The SMILES string of the molecule is C=C[C@@H]1[C@@H](c2ccc3c(c2)CCO3)CN(CCN(CCCC)c2cccc(CN)c2)[C@H]1CCCc1ccccc1OC. The quantitative estimate of drug-likeness (QED) is 0.201. The molecular formula is C37H49N3O2. The molecule has 0 spiro atoms. The van der Waals surface area contributed by atoms with Crippen LogP contribution in [0.5, 0.6) is 11.5 Å². The summed E-state index contributed by atoms with van der Waals surface area (Å²) in [6.07, 6.45) is 8.89. The number of para-hydroxylation sites is 1. The Morgan fingerprint density at radius 2 is 1.95 bits per heavy atom. The lowest BCUT2D eigenvalue weighted by molar-refractivity contribution is 0.228. The zero-order valence-corrected chi connectivity index (χ0v) is 25.6. The van der Waals surface area contributed by atoms with Gasteiger partial charge < -0.3 is 20.1 Å². The number of anilines is 1. The maximum absolute atomic E-state index is 6.00. The van der Waals surface area contributed by atoms with Gasteiger partial charge in [0.1, 0.15) is 11.5 Å². The molecule has 0 saturated carbocycles. The lowest BCUT2D eigenvalue weighted by atomic mass is 9.83. The molecular weight excluding hydrogens is 518 g/mol. The maximum Gasteiger partial charge on any atom is 0.122 e. The number of nitrogens with two attached hydrogens (primary N) is 1. The van der Waals surface area contributed by atoms with E-state index in [1.54, 1.807) is 7.11 Å². The molecule has 3 aromatic carbocycles. The van der Waals surface area contributed by atoms with Crippen molar-refractivity contribution in [2.75, 3.05) is 44.8 Å². The summed E-state index contributed by atoms with van der Waals surface area (Å²) in [6, 6.07) is 24.6. The summed E-state index contributed by atoms with van der Waals surface area (Å²) in [7, 11) is 1.77. The van der Waals surface area contributed by atoms with Crippen molar-refractivity contribution in [3.05, 3.63) is 102 Å². The highest BCUT2D eigenvalue weighted by molar-refractivity contribution is 5.49. The summed E-state index contributed by atoms with van der Waals surface area (Å²) in [6.45, 7) is 12.2. The minimum Gasteiger partial charge on any atom is -0.496 e. The van der Waals surface area contributed by atoms with Gasteiger partial charge in [-0.3, -0.25) is 4.90 Å². The van der Waals surface area contributed by atoms with E-state index in [1.807, 2.05) is 0 Å². The largest absolute Gasteiger partial charge is 0.496 e. The van der Waals surface area contributed by atoms with Crippen molar-refractivity contribution in [3.8, 4) is 11.5 Å². The zero-order valence-electron chi connectivity index (χ0n) is 25.6. The van der Waals surface area contributed by atoms with Crippen LogP contribution in [-0.2, 0) is 19.4 Å². The number of unbranched alkanes of at least 4 members (excludes halogenated alkanes) is 1. The number of hydrogen-bond donors (Lipinski definition) is 1. The molecule has 0 radical (unpaired) electrons. The van der Waals surface area contributed by atoms with Crippen molar-refractivity contribution in [1.29, 1.82) is 0 Å². The van der Waals surface area contributed by atoms with Gasteiger partial charge in [0.15, 0.2) is 0 Å². The first-order valence-corrected chi connectivity index (χ1v) is 15.9. The Morgan fingerprint density at radius 3 is 2.76 bits per heavy atom. The summed E-state index contributed by atoms with van der Waals surface area (Å²) in [5.41, 5.74) is 12.6. The second-order valence-corrected chi connectivity index (χ2v) is 11.9. The standard InChI is InChI=1S/C37H49N3O2/c1-4-6-20-39(32-14-9-11-28(24-32)26-38)21-22-40-27-34(30-17-18-37-31(25-30)19-23-42-37)33(5-2)35(40)15-10-13-29-12-7-8-16-36(29)41-3/h5,7-9,11-12,14,16-18,24-25,33-35H,2,4,6,10,13,15,19-23,26-27,38H2,1,3H3/t33-,34-,35+/m1/s1. The molecule has 0 bridgehead atoms. The van der Waals surface area contributed by atoms with Gasteiger partial charge >= 0.3 is 0 Å². The molecule has 42 heavy (non-hydrogen) atoms. The third-order valence-electron chi connectivity index (χ3n) is 9.31. The Balaban J connectivity index is 1.36. The number of hydrogen-bond acceptors (Lipinski definition) is 5. The number of nitrogens with zero attached hydrogens (tertiary/aromatic N) is 2. The molecule has 3 atom stereocenters. The van der Waals surface area contributed by atoms with E-state index in [0.717, 1.165) is 70.0 Å². The fourth-order valence-corrected chi connectivity index (χ4v) is 7.00. The molecule has 0 aromatic heterocycles. The maximum atomic E-state index is 6.00. The molecule has 2 N–H and O–H groups in total. The molecule has 2 heterocycles. The Bertz CT molecular complexity index is 1310. The van der Waals surface area contributed by atoms with Gasteiger partial charge in [0.05, 0.1) is 13.7 Å². The van der Waals surface area contributed by atoms with E-state index in [1.165, 1.54) is 40.8 Å². The van der Waals surface area contributed by atoms with E-state index in [2.05, 4.69) is 96.1 Å². The summed E-state index contributed by atoms with van der Waals surface area (Å²) >= 11 is 0. The Labute approximate surface area is 253 Å². The molecule has 1 fully saturated rings. The minimum absolute atomic E-state index is 0.410. The van der Waals surface area contributed by atoms with Crippen LogP contribution in [0.15, 0.2) is 79.4 Å². The molecule has 5 heteroatoms. The zero-order chi connectivity index (χ0) is 29.3. The number of aryl methyl sites for hydroxylation is 1. The minimum atomic E-state index is 0.410. The predicted octanol–water partition coefficient (Wildman–Crippen LogP) is 6.99. The molecule has 0 amide bonds. The highest BCUT2D eigenvalue weighted by atomic mass is 16.5. The van der Waals surface area contributed by atoms with E-state index in [9.17, 15) is 0 Å². The third-order valence-corrected chi connectivity index (χ3v) is 9.31. The lowest BCUT2D eigenvalue weighted by Gasteiger charge is -2.31. The van der Waals surface area contributed by atoms with E-state index in [4.69, 9.17) is 15.2 Å². The topological polar surface area (TPSA) is 51.0 Å². The van der Waals surface area contributed by atoms with Crippen LogP contribution < -0.4 is 20.1 Å². The summed E-state index contributed by atoms with van der Waals surface area (Å²) in [4.78, 5) is 5.33. The fraction of sp³-hybridized carbons (Fsp3) is 0.459. The van der Waals surface area contributed by atoms with Crippen LogP contribution in [0.4, 0.5) is 5.69 Å². The van der Waals surface area contributed by atoms with Crippen molar-refractivity contribution in [2.45, 2.75) is 64.0 Å². The van der Waals surface area contributed by atoms with Gasteiger partial charge in [0, 0.05) is 62.7 Å². The van der Waals surface area contributed by atoms with Crippen LogP contribution in [0.1, 0.15) is 60.8 Å². The van der Waals surface area contributed by atoms with Crippen LogP contribution in [-0.4, -0.2) is 50.8 Å². The highest BCUT2D eigenvalue weighted by Crippen LogP contribution is 2.42. The van der Waals surface area contributed by atoms with Crippen molar-refractivity contribution in [1.82, 2.24) is 4.90 Å². The molecule has 1 saturated heterocycles. The van der Waals surface area contributed by atoms with E-state index in [0.29, 0.717) is 24.4 Å². The van der Waals surface area contributed by atoms with Gasteiger partial charge in [-0.2, -0.15) is 0 Å². The van der Waals surface area contributed by atoms with Gasteiger partial charge in [0.25, 0.3) is 0 Å². The van der Waals surface area contributed by atoms with Gasteiger partial charge in [-0.05, 0) is 72.2 Å².